The van der Waals surface area contributed by atoms with E-state index in [2.05, 4.69) is 38.1 Å². The maximum Gasteiger partial charge on any atom is 0.183 e. The number of aryl methyl sites for hydroxylation is 2. The molecule has 192 valence electrons. The van der Waals surface area contributed by atoms with Gasteiger partial charge >= 0.3 is 0 Å². The first kappa shape index (κ1) is 22.6. The van der Waals surface area contributed by atoms with Gasteiger partial charge in [-0.1, -0.05) is 0 Å². The third-order valence-corrected chi connectivity index (χ3v) is 8.44. The number of anilines is 3. The van der Waals surface area contributed by atoms with E-state index >= 15 is 0 Å². The number of nitrogens with one attached hydrogen (secondary N) is 1. The molecule has 2 atom stereocenters. The smallest absolute Gasteiger partial charge is 0.183 e. The number of fused-ring (bicyclic) bond motifs is 2. The molecule has 11 nitrogen and oxygen atoms in total. The number of pyridine rings is 1. The molecular formula is C26H32N10O. The van der Waals surface area contributed by atoms with E-state index in [9.17, 15) is 0 Å². The molecule has 3 aliphatic rings. The molecule has 2 fully saturated rings. The van der Waals surface area contributed by atoms with E-state index in [0.29, 0.717) is 5.65 Å². The van der Waals surface area contributed by atoms with Crippen molar-refractivity contribution in [3.63, 3.8) is 0 Å². The molecule has 2 saturated heterocycles. The van der Waals surface area contributed by atoms with Crippen LogP contribution in [0.1, 0.15) is 31.9 Å². The molecule has 0 bridgehead atoms. The van der Waals surface area contributed by atoms with Crippen LogP contribution in [-0.4, -0.2) is 73.3 Å². The molecule has 3 aliphatic heterocycles. The van der Waals surface area contributed by atoms with Gasteiger partial charge in [0.2, 0.25) is 0 Å². The zero-order valence-corrected chi connectivity index (χ0v) is 21.3. The van der Waals surface area contributed by atoms with Crippen molar-refractivity contribution >= 4 is 28.5 Å². The molecular weight excluding hydrogens is 468 g/mol. The van der Waals surface area contributed by atoms with E-state index in [0.717, 1.165) is 91.8 Å². The molecule has 0 amide bonds. The third kappa shape index (κ3) is 3.67. The lowest BCUT2D eigenvalue weighted by atomic mass is 9.73. The highest BCUT2D eigenvalue weighted by Gasteiger charge is 2.47. The second kappa shape index (κ2) is 8.49. The van der Waals surface area contributed by atoms with Crippen molar-refractivity contribution in [2.24, 2.45) is 18.2 Å². The first-order valence-corrected chi connectivity index (χ1v) is 13.1. The van der Waals surface area contributed by atoms with Crippen molar-refractivity contribution < 1.29 is 4.74 Å². The highest BCUT2D eigenvalue weighted by Crippen LogP contribution is 2.42. The van der Waals surface area contributed by atoms with Gasteiger partial charge in [0, 0.05) is 44.3 Å². The van der Waals surface area contributed by atoms with E-state index in [1.807, 2.05) is 31.6 Å². The summed E-state index contributed by atoms with van der Waals surface area (Å²) in [5.74, 6) is 1.67. The molecule has 1 spiro atoms. The quantitative estimate of drug-likeness (QED) is 0.436. The molecule has 0 unspecified atom stereocenters. The Kier molecular flexibility index (Phi) is 5.19. The SMILES string of the molecule is C[C@@H]1OCC2(CCN(c3cnc4c(N5CCCc6nc(-c7ccn(C)n7)ccc65)n[nH]c4n3)CC2)[C@@H]1N. The van der Waals surface area contributed by atoms with Crippen LogP contribution in [0.25, 0.3) is 22.6 Å². The Morgan fingerprint density at radius 1 is 1.11 bits per heavy atom. The van der Waals surface area contributed by atoms with Crippen LogP contribution < -0.4 is 15.5 Å². The Morgan fingerprint density at radius 2 is 1.97 bits per heavy atom. The normalized spacial score (nSPS) is 23.2. The molecule has 11 heteroatoms. The Bertz CT molecular complexity index is 1450. The number of nitrogens with zero attached hydrogens (tertiary/aromatic N) is 8. The summed E-state index contributed by atoms with van der Waals surface area (Å²) in [5, 5.41) is 12.3. The van der Waals surface area contributed by atoms with Gasteiger partial charge in [0.15, 0.2) is 17.0 Å². The molecule has 37 heavy (non-hydrogen) atoms. The van der Waals surface area contributed by atoms with Crippen molar-refractivity contribution in [2.45, 2.75) is 44.8 Å². The van der Waals surface area contributed by atoms with Gasteiger partial charge in [-0.25, -0.2) is 15.0 Å². The van der Waals surface area contributed by atoms with E-state index in [4.69, 9.17) is 25.4 Å². The molecule has 4 aromatic heterocycles. The summed E-state index contributed by atoms with van der Waals surface area (Å²) in [7, 11) is 1.92. The van der Waals surface area contributed by atoms with Crippen molar-refractivity contribution in [1.29, 1.82) is 0 Å². The number of rotatable bonds is 3. The fourth-order valence-electron chi connectivity index (χ4n) is 6.14. The van der Waals surface area contributed by atoms with Crippen molar-refractivity contribution in [2.75, 3.05) is 36.0 Å². The maximum absolute atomic E-state index is 6.49. The monoisotopic (exact) mass is 500 g/mol. The minimum atomic E-state index is 0.0841. The second-order valence-electron chi connectivity index (χ2n) is 10.7. The van der Waals surface area contributed by atoms with Crippen LogP contribution in [0, 0.1) is 5.41 Å². The molecule has 0 aromatic carbocycles. The van der Waals surface area contributed by atoms with Crippen LogP contribution in [0.5, 0.6) is 0 Å². The van der Waals surface area contributed by atoms with Crippen molar-refractivity contribution in [3.8, 4) is 11.4 Å². The number of hydrogen-bond acceptors (Lipinski definition) is 9. The molecule has 0 saturated carbocycles. The molecule has 0 radical (unpaired) electrons. The second-order valence-corrected chi connectivity index (χ2v) is 10.7. The summed E-state index contributed by atoms with van der Waals surface area (Å²) in [6.07, 6.45) is 7.87. The predicted octanol–water partition coefficient (Wildman–Crippen LogP) is 2.57. The minimum absolute atomic E-state index is 0.0841. The lowest BCUT2D eigenvalue weighted by molar-refractivity contribution is 0.0974. The highest BCUT2D eigenvalue weighted by molar-refractivity contribution is 5.87. The Balaban J connectivity index is 1.14. The number of aromatic amines is 1. The average Bonchev–Trinajstić information content (AvgIpc) is 3.63. The number of H-pyrrole nitrogens is 1. The fraction of sp³-hybridized carbons (Fsp3) is 0.500. The minimum Gasteiger partial charge on any atom is -0.376 e. The lowest BCUT2D eigenvalue weighted by Crippen LogP contribution is -2.50. The van der Waals surface area contributed by atoms with Crippen LogP contribution in [0.4, 0.5) is 17.3 Å². The zero-order valence-electron chi connectivity index (χ0n) is 21.3. The van der Waals surface area contributed by atoms with Crippen molar-refractivity contribution in [1.82, 2.24) is 34.9 Å². The van der Waals surface area contributed by atoms with E-state index in [-0.39, 0.29) is 17.6 Å². The lowest BCUT2D eigenvalue weighted by Gasteiger charge is -2.41. The molecule has 7 rings (SSSR count). The summed E-state index contributed by atoms with van der Waals surface area (Å²) >= 11 is 0. The number of aromatic nitrogens is 7. The van der Waals surface area contributed by atoms with E-state index in [1.165, 1.54) is 0 Å². The summed E-state index contributed by atoms with van der Waals surface area (Å²) in [5.41, 5.74) is 11.9. The molecule has 0 aliphatic carbocycles. The molecule has 3 N–H and O–H groups in total. The summed E-state index contributed by atoms with van der Waals surface area (Å²) in [4.78, 5) is 19.2. The molecule has 7 heterocycles. The average molecular weight is 501 g/mol. The topological polar surface area (TPSA) is 127 Å². The number of hydrogen-bond donors (Lipinski definition) is 2. The number of nitrogens with two attached hydrogens (primary N) is 1. The fourth-order valence-corrected chi connectivity index (χ4v) is 6.14. The standard InChI is InChI=1S/C26H32N10O/c1-16-23(27)26(15-37-16)8-12-35(13-9-26)21-14-28-22-24(30-21)31-32-25(22)36-10-3-4-19-20(36)6-5-17(29-19)18-7-11-34(2)33-18/h5-7,11,14,16,23H,3-4,8-10,12-13,15,27H2,1-2H3,(H,30,31,32)/t16-,23+/m0/s1. The van der Waals surface area contributed by atoms with Gasteiger partial charge in [-0.15, -0.1) is 0 Å². The first-order valence-electron chi connectivity index (χ1n) is 13.1. The Hall–Kier alpha value is -3.57. The Morgan fingerprint density at radius 3 is 2.73 bits per heavy atom. The van der Waals surface area contributed by atoms with Crippen LogP contribution in [0.15, 0.2) is 30.6 Å². The van der Waals surface area contributed by atoms with Gasteiger partial charge in [0.1, 0.15) is 11.5 Å². The van der Waals surface area contributed by atoms with Gasteiger partial charge in [-0.2, -0.15) is 10.2 Å². The summed E-state index contributed by atoms with van der Waals surface area (Å²) < 4.78 is 7.67. The number of piperidine rings is 1. The Labute approximate surface area is 215 Å². The van der Waals surface area contributed by atoms with Crippen LogP contribution >= 0.6 is 0 Å². The summed E-state index contributed by atoms with van der Waals surface area (Å²) in [6.45, 7) is 5.49. The van der Waals surface area contributed by atoms with Gasteiger partial charge < -0.3 is 20.3 Å². The third-order valence-electron chi connectivity index (χ3n) is 8.44. The summed E-state index contributed by atoms with van der Waals surface area (Å²) in [6, 6.07) is 6.24. The number of ether oxygens (including phenoxy) is 1. The van der Waals surface area contributed by atoms with Crippen LogP contribution in [0.3, 0.4) is 0 Å². The van der Waals surface area contributed by atoms with Gasteiger partial charge in [0.05, 0.1) is 36.0 Å². The zero-order chi connectivity index (χ0) is 25.1. The van der Waals surface area contributed by atoms with E-state index in [1.54, 1.807) is 4.68 Å². The van der Waals surface area contributed by atoms with Crippen LogP contribution in [-0.2, 0) is 18.2 Å². The van der Waals surface area contributed by atoms with Crippen molar-refractivity contribution in [3.05, 3.63) is 36.3 Å². The first-order chi connectivity index (χ1) is 18.0. The van der Waals surface area contributed by atoms with Gasteiger partial charge in [-0.3, -0.25) is 9.78 Å². The highest BCUT2D eigenvalue weighted by atomic mass is 16.5. The van der Waals surface area contributed by atoms with Gasteiger partial charge in [-0.05, 0) is 50.8 Å². The van der Waals surface area contributed by atoms with E-state index < -0.39 is 0 Å². The predicted molar refractivity (Wildman–Crippen MR) is 141 cm³/mol. The van der Waals surface area contributed by atoms with Crippen LogP contribution in [0.2, 0.25) is 0 Å². The maximum atomic E-state index is 6.49. The van der Waals surface area contributed by atoms with Gasteiger partial charge in [0.25, 0.3) is 0 Å². The largest absolute Gasteiger partial charge is 0.376 e. The molecule has 4 aromatic rings.